The van der Waals surface area contributed by atoms with E-state index in [4.69, 9.17) is 5.73 Å². The first-order valence-corrected chi connectivity index (χ1v) is 7.69. The third-order valence-electron chi connectivity index (χ3n) is 4.59. The minimum absolute atomic E-state index is 0.00333. The normalized spacial score (nSPS) is 20.9. The van der Waals surface area contributed by atoms with Crippen molar-refractivity contribution in [2.24, 2.45) is 5.73 Å². The second-order valence-corrected chi connectivity index (χ2v) is 6.09. The molecule has 1 aliphatic carbocycles. The van der Waals surface area contributed by atoms with E-state index in [1.807, 2.05) is 6.07 Å². The lowest BCUT2D eigenvalue weighted by Crippen LogP contribution is -2.48. The van der Waals surface area contributed by atoms with Gasteiger partial charge in [-0.25, -0.2) is 0 Å². The van der Waals surface area contributed by atoms with E-state index in [0.29, 0.717) is 6.54 Å². The number of hydrogen-bond donors (Lipinski definition) is 2. The average Bonchev–Trinajstić information content (AvgIpc) is 2.46. The number of nitrogens with one attached hydrogen (secondary N) is 1. The number of carbonyl (C=O) groups excluding carboxylic acids is 1. The molecule has 0 aliphatic heterocycles. The zero-order chi connectivity index (χ0) is 14.6. The Morgan fingerprint density at radius 2 is 2.20 bits per heavy atom. The summed E-state index contributed by atoms with van der Waals surface area (Å²) < 4.78 is 0. The van der Waals surface area contributed by atoms with Crippen molar-refractivity contribution >= 4 is 5.91 Å². The maximum atomic E-state index is 12.7. The van der Waals surface area contributed by atoms with E-state index in [1.165, 1.54) is 11.1 Å². The monoisotopic (exact) mass is 274 g/mol. The minimum Gasteiger partial charge on any atom is -0.350 e. The number of carbonyl (C=O) groups is 1. The van der Waals surface area contributed by atoms with E-state index >= 15 is 0 Å². The van der Waals surface area contributed by atoms with E-state index in [0.717, 1.165) is 32.1 Å². The first kappa shape index (κ1) is 15.0. The number of hydrogen-bond acceptors (Lipinski definition) is 2. The molecule has 0 saturated heterocycles. The molecule has 2 unspecified atom stereocenters. The molecular formula is C17H26N2O. The molecule has 1 aliphatic rings. The fourth-order valence-electron chi connectivity index (χ4n) is 3.06. The van der Waals surface area contributed by atoms with Gasteiger partial charge in [-0.05, 0) is 56.7 Å². The summed E-state index contributed by atoms with van der Waals surface area (Å²) in [6.07, 6.45) is 4.86. The topological polar surface area (TPSA) is 55.1 Å². The quantitative estimate of drug-likeness (QED) is 0.867. The first-order valence-electron chi connectivity index (χ1n) is 7.69. The van der Waals surface area contributed by atoms with Crippen LogP contribution in [0.2, 0.25) is 0 Å². The molecule has 20 heavy (non-hydrogen) atoms. The fraction of sp³-hybridized carbons (Fsp3) is 0.588. The Labute approximate surface area is 121 Å². The van der Waals surface area contributed by atoms with Crippen LogP contribution in [0.15, 0.2) is 24.3 Å². The van der Waals surface area contributed by atoms with Crippen LogP contribution in [0, 0.1) is 0 Å². The van der Waals surface area contributed by atoms with Crippen molar-refractivity contribution in [1.29, 1.82) is 0 Å². The number of nitrogens with two attached hydrogens (primary N) is 1. The Morgan fingerprint density at radius 1 is 1.45 bits per heavy atom. The Hall–Kier alpha value is -1.35. The SMILES string of the molecule is CCC(C)(CCN)NC(=O)C1CCCc2ccccc21. The third-order valence-corrected chi connectivity index (χ3v) is 4.59. The van der Waals surface area contributed by atoms with Crippen molar-refractivity contribution in [2.45, 2.75) is 57.4 Å². The Kier molecular flexibility index (Phi) is 4.81. The molecular weight excluding hydrogens is 248 g/mol. The highest BCUT2D eigenvalue weighted by atomic mass is 16.2. The maximum absolute atomic E-state index is 12.7. The molecule has 0 heterocycles. The number of amides is 1. The van der Waals surface area contributed by atoms with E-state index in [2.05, 4.69) is 37.4 Å². The van der Waals surface area contributed by atoms with Crippen LogP contribution in [0.3, 0.4) is 0 Å². The highest BCUT2D eigenvalue weighted by molar-refractivity contribution is 5.85. The predicted octanol–water partition coefficient (Wildman–Crippen LogP) is 2.74. The van der Waals surface area contributed by atoms with Gasteiger partial charge in [0.2, 0.25) is 5.91 Å². The molecule has 0 spiro atoms. The molecule has 0 aromatic heterocycles. The van der Waals surface area contributed by atoms with Crippen LogP contribution < -0.4 is 11.1 Å². The van der Waals surface area contributed by atoms with E-state index in [-0.39, 0.29) is 17.4 Å². The second kappa shape index (κ2) is 6.40. The van der Waals surface area contributed by atoms with Crippen LogP contribution in [0.4, 0.5) is 0 Å². The Morgan fingerprint density at radius 3 is 2.90 bits per heavy atom. The van der Waals surface area contributed by atoms with Crippen molar-refractivity contribution in [1.82, 2.24) is 5.32 Å². The first-order chi connectivity index (χ1) is 9.59. The molecule has 3 nitrogen and oxygen atoms in total. The number of benzene rings is 1. The van der Waals surface area contributed by atoms with E-state index in [9.17, 15) is 4.79 Å². The lowest BCUT2D eigenvalue weighted by atomic mass is 9.81. The van der Waals surface area contributed by atoms with Crippen LogP contribution in [0.5, 0.6) is 0 Å². The molecule has 3 heteroatoms. The van der Waals surface area contributed by atoms with Gasteiger partial charge in [-0.1, -0.05) is 31.2 Å². The van der Waals surface area contributed by atoms with Gasteiger partial charge >= 0.3 is 0 Å². The van der Waals surface area contributed by atoms with Gasteiger partial charge in [0.1, 0.15) is 0 Å². The van der Waals surface area contributed by atoms with Gasteiger partial charge in [0, 0.05) is 5.54 Å². The fourth-order valence-corrected chi connectivity index (χ4v) is 3.06. The number of fused-ring (bicyclic) bond motifs is 1. The van der Waals surface area contributed by atoms with Gasteiger partial charge < -0.3 is 11.1 Å². The van der Waals surface area contributed by atoms with Crippen molar-refractivity contribution < 1.29 is 4.79 Å². The lowest BCUT2D eigenvalue weighted by Gasteiger charge is -2.33. The van der Waals surface area contributed by atoms with Crippen LogP contribution >= 0.6 is 0 Å². The lowest BCUT2D eigenvalue weighted by molar-refractivity contribution is -0.124. The summed E-state index contributed by atoms with van der Waals surface area (Å²) in [4.78, 5) is 12.7. The summed E-state index contributed by atoms with van der Waals surface area (Å²) in [7, 11) is 0. The molecule has 0 radical (unpaired) electrons. The zero-order valence-corrected chi connectivity index (χ0v) is 12.6. The molecule has 2 atom stereocenters. The third kappa shape index (κ3) is 3.21. The number of aryl methyl sites for hydroxylation is 1. The standard InChI is InChI=1S/C17H26N2O/c1-3-17(2,11-12-18)19-16(20)15-10-6-8-13-7-4-5-9-14(13)15/h4-5,7,9,15H,3,6,8,10-12,18H2,1-2H3,(H,19,20). The van der Waals surface area contributed by atoms with E-state index < -0.39 is 0 Å². The highest BCUT2D eigenvalue weighted by Crippen LogP contribution is 2.32. The van der Waals surface area contributed by atoms with Gasteiger partial charge in [-0.15, -0.1) is 0 Å². The summed E-state index contributed by atoms with van der Waals surface area (Å²) >= 11 is 0. The van der Waals surface area contributed by atoms with Crippen LogP contribution in [-0.2, 0) is 11.2 Å². The summed E-state index contributed by atoms with van der Waals surface area (Å²) in [6.45, 7) is 4.79. The summed E-state index contributed by atoms with van der Waals surface area (Å²) in [6, 6.07) is 8.34. The predicted molar refractivity (Wildman–Crippen MR) is 82.6 cm³/mol. The smallest absolute Gasteiger partial charge is 0.227 e. The van der Waals surface area contributed by atoms with Crippen LogP contribution in [0.25, 0.3) is 0 Å². The van der Waals surface area contributed by atoms with Gasteiger partial charge in [-0.2, -0.15) is 0 Å². The summed E-state index contributed by atoms with van der Waals surface area (Å²) in [5.41, 5.74) is 8.03. The Bertz CT molecular complexity index is 472. The average molecular weight is 274 g/mol. The minimum atomic E-state index is -0.182. The summed E-state index contributed by atoms with van der Waals surface area (Å²) in [5.74, 6) is 0.165. The van der Waals surface area contributed by atoms with Crippen molar-refractivity contribution in [3.63, 3.8) is 0 Å². The van der Waals surface area contributed by atoms with Crippen molar-refractivity contribution in [3.8, 4) is 0 Å². The maximum Gasteiger partial charge on any atom is 0.227 e. The molecule has 1 amide bonds. The number of rotatable bonds is 5. The van der Waals surface area contributed by atoms with Crippen molar-refractivity contribution in [3.05, 3.63) is 35.4 Å². The second-order valence-electron chi connectivity index (χ2n) is 6.09. The Balaban J connectivity index is 2.14. The van der Waals surface area contributed by atoms with Crippen LogP contribution in [0.1, 0.15) is 56.6 Å². The van der Waals surface area contributed by atoms with Crippen molar-refractivity contribution in [2.75, 3.05) is 6.54 Å². The zero-order valence-electron chi connectivity index (χ0n) is 12.6. The van der Waals surface area contributed by atoms with Crippen LogP contribution in [-0.4, -0.2) is 18.0 Å². The van der Waals surface area contributed by atoms with E-state index in [1.54, 1.807) is 0 Å². The highest BCUT2D eigenvalue weighted by Gasteiger charge is 2.31. The molecule has 1 aromatic rings. The molecule has 110 valence electrons. The van der Waals surface area contributed by atoms with Gasteiger partial charge in [0.15, 0.2) is 0 Å². The van der Waals surface area contributed by atoms with Gasteiger partial charge in [0.05, 0.1) is 5.92 Å². The molecule has 3 N–H and O–H groups in total. The largest absolute Gasteiger partial charge is 0.350 e. The molecule has 1 aromatic carbocycles. The van der Waals surface area contributed by atoms with Gasteiger partial charge in [-0.3, -0.25) is 4.79 Å². The van der Waals surface area contributed by atoms with Gasteiger partial charge in [0.25, 0.3) is 0 Å². The molecule has 0 saturated carbocycles. The molecule has 0 bridgehead atoms. The molecule has 2 rings (SSSR count). The molecule has 0 fully saturated rings. The summed E-state index contributed by atoms with van der Waals surface area (Å²) in [5, 5.41) is 3.24.